The largest absolute Gasteiger partial charge is 0.497 e. The summed E-state index contributed by atoms with van der Waals surface area (Å²) in [6, 6.07) is 4.05. The number of rotatable bonds is 3. The van der Waals surface area contributed by atoms with Gasteiger partial charge in [0.25, 0.3) is 0 Å². The zero-order valence-corrected chi connectivity index (χ0v) is 10.2. The molecule has 0 aliphatic heterocycles. The second-order valence-electron chi connectivity index (χ2n) is 3.91. The van der Waals surface area contributed by atoms with Gasteiger partial charge in [0.15, 0.2) is 0 Å². The Bertz CT molecular complexity index is 689. The Kier molecular flexibility index (Phi) is 3.39. The summed E-state index contributed by atoms with van der Waals surface area (Å²) in [6.07, 6.45) is -2.18. The van der Waals surface area contributed by atoms with Crippen molar-refractivity contribution >= 4 is 17.0 Å². The Morgan fingerprint density at radius 3 is 2.65 bits per heavy atom. The molecule has 0 saturated carbocycles. The van der Waals surface area contributed by atoms with Crippen molar-refractivity contribution in [2.75, 3.05) is 7.11 Å². The molecule has 0 N–H and O–H groups in total. The molecule has 1 aromatic carbocycles. The van der Waals surface area contributed by atoms with E-state index in [0.717, 1.165) is 12.3 Å². The Morgan fingerprint density at radius 2 is 2.10 bits per heavy atom. The number of ether oxygens (including phenoxy) is 1. The van der Waals surface area contributed by atoms with E-state index in [0.29, 0.717) is 11.9 Å². The minimum absolute atomic E-state index is 0.0907. The highest BCUT2D eigenvalue weighted by Crippen LogP contribution is 2.33. The van der Waals surface area contributed by atoms with Crippen LogP contribution in [0.15, 0.2) is 30.6 Å². The predicted octanol–water partition coefficient (Wildman–Crippen LogP) is 3.37. The molecule has 2 aromatic rings. The van der Waals surface area contributed by atoms with Crippen LogP contribution in [0.1, 0.15) is 5.56 Å². The van der Waals surface area contributed by atoms with Crippen LogP contribution in [0.4, 0.5) is 13.2 Å². The lowest BCUT2D eigenvalue weighted by atomic mass is 10.1. The van der Waals surface area contributed by atoms with Gasteiger partial charge in [-0.05, 0) is 18.2 Å². The van der Waals surface area contributed by atoms with Gasteiger partial charge < -0.3 is 4.74 Å². The van der Waals surface area contributed by atoms with E-state index in [4.69, 9.17) is 4.74 Å². The van der Waals surface area contributed by atoms with Gasteiger partial charge in [0, 0.05) is 23.2 Å². The van der Waals surface area contributed by atoms with Crippen LogP contribution in [0.3, 0.4) is 0 Å². The molecule has 0 bridgehead atoms. The molecular weight excluding hydrogens is 277 g/mol. The minimum Gasteiger partial charge on any atom is -0.497 e. The number of hydrogen-bond donors (Lipinski definition) is 0. The number of halogens is 3. The molecule has 0 spiro atoms. The van der Waals surface area contributed by atoms with Crippen LogP contribution < -0.4 is 4.74 Å². The highest BCUT2D eigenvalue weighted by Gasteiger charge is 2.32. The monoisotopic (exact) mass is 286 g/mol. The van der Waals surface area contributed by atoms with Gasteiger partial charge >= 0.3 is 6.30 Å². The number of benzene rings is 1. The van der Waals surface area contributed by atoms with Crippen LogP contribution in [0.25, 0.3) is 17.0 Å². The summed E-state index contributed by atoms with van der Waals surface area (Å²) in [7, 11) is 1.38. The van der Waals surface area contributed by atoms with Crippen molar-refractivity contribution in [2.45, 2.75) is 6.30 Å². The van der Waals surface area contributed by atoms with Crippen molar-refractivity contribution in [3.05, 3.63) is 46.3 Å². The van der Waals surface area contributed by atoms with Crippen molar-refractivity contribution in [3.8, 4) is 5.75 Å². The number of fused-ring (bicyclic) bond motifs is 1. The number of hydrogen-bond acceptors (Lipinski definition) is 3. The molecule has 0 fully saturated rings. The van der Waals surface area contributed by atoms with E-state index in [1.165, 1.54) is 25.3 Å². The average molecular weight is 286 g/mol. The fraction of sp³-hybridized carbons (Fsp3) is 0.167. The lowest BCUT2D eigenvalue weighted by Crippen LogP contribution is -2.14. The van der Waals surface area contributed by atoms with Crippen LogP contribution in [0.5, 0.6) is 5.75 Å². The maximum atomic E-state index is 12.9. The summed E-state index contributed by atoms with van der Waals surface area (Å²) in [5.41, 5.74) is -0.00535. The standard InChI is InChI=1S/C12H9F3N2O3/c1-20-9-2-3-11-10(6-9)8(4-5-17(18)19)7-16(11)12(13,14)15/h2-7H,1H3. The molecular formula is C12H9F3N2O3. The summed E-state index contributed by atoms with van der Waals surface area (Å²) >= 11 is 0. The Hall–Kier alpha value is -2.51. The van der Waals surface area contributed by atoms with Gasteiger partial charge in [0.05, 0.1) is 17.5 Å². The minimum atomic E-state index is -4.60. The smallest absolute Gasteiger partial charge is 0.488 e. The number of methoxy groups -OCH3 is 1. The number of nitro groups is 1. The second kappa shape index (κ2) is 4.87. The van der Waals surface area contributed by atoms with Crippen LogP contribution in [-0.2, 0) is 6.30 Å². The molecule has 0 unspecified atom stereocenters. The highest BCUT2D eigenvalue weighted by molar-refractivity contribution is 5.90. The molecule has 106 valence electrons. The molecule has 1 heterocycles. The fourth-order valence-electron chi connectivity index (χ4n) is 1.85. The zero-order valence-electron chi connectivity index (χ0n) is 10.2. The molecule has 2 rings (SSSR count). The molecule has 0 radical (unpaired) electrons. The normalized spacial score (nSPS) is 12.2. The highest BCUT2D eigenvalue weighted by atomic mass is 19.4. The van der Waals surface area contributed by atoms with Gasteiger partial charge in [0.1, 0.15) is 5.75 Å². The molecule has 0 aliphatic rings. The van der Waals surface area contributed by atoms with E-state index in [2.05, 4.69) is 0 Å². The SMILES string of the molecule is COc1ccc2c(c1)c(C=C[N+](=O)[O-])cn2C(F)(F)F. The molecule has 8 heteroatoms. The van der Waals surface area contributed by atoms with Gasteiger partial charge in [-0.15, -0.1) is 13.2 Å². The van der Waals surface area contributed by atoms with Crippen LogP contribution in [0.2, 0.25) is 0 Å². The van der Waals surface area contributed by atoms with Crippen molar-refractivity contribution in [3.63, 3.8) is 0 Å². The van der Waals surface area contributed by atoms with E-state index in [-0.39, 0.29) is 21.0 Å². The molecule has 0 saturated heterocycles. The number of aromatic nitrogens is 1. The fourth-order valence-corrected chi connectivity index (χ4v) is 1.85. The van der Waals surface area contributed by atoms with Crippen molar-refractivity contribution in [1.82, 2.24) is 4.57 Å². The van der Waals surface area contributed by atoms with Gasteiger partial charge in [-0.2, -0.15) is 0 Å². The maximum absolute atomic E-state index is 12.9. The predicted molar refractivity (Wildman–Crippen MR) is 65.8 cm³/mol. The third-order valence-corrected chi connectivity index (χ3v) is 2.69. The van der Waals surface area contributed by atoms with E-state index in [1.54, 1.807) is 0 Å². The Balaban J connectivity index is 2.69. The first-order valence-corrected chi connectivity index (χ1v) is 5.41. The third kappa shape index (κ3) is 2.58. The van der Waals surface area contributed by atoms with Crippen LogP contribution >= 0.6 is 0 Å². The number of alkyl halides is 3. The van der Waals surface area contributed by atoms with E-state index in [1.807, 2.05) is 0 Å². The van der Waals surface area contributed by atoms with E-state index < -0.39 is 11.2 Å². The van der Waals surface area contributed by atoms with Crippen LogP contribution in [0, 0.1) is 10.1 Å². The topological polar surface area (TPSA) is 57.3 Å². The molecule has 20 heavy (non-hydrogen) atoms. The van der Waals surface area contributed by atoms with Crippen molar-refractivity contribution in [2.24, 2.45) is 0 Å². The summed E-state index contributed by atoms with van der Waals surface area (Å²) in [4.78, 5) is 9.56. The first-order valence-electron chi connectivity index (χ1n) is 5.41. The third-order valence-electron chi connectivity index (χ3n) is 2.69. The number of nitrogens with zero attached hydrogens (tertiary/aromatic N) is 2. The summed E-state index contributed by atoms with van der Waals surface area (Å²) < 4.78 is 43.7. The molecule has 0 amide bonds. The summed E-state index contributed by atoms with van der Waals surface area (Å²) in [5, 5.41) is 10.5. The Morgan fingerprint density at radius 1 is 1.40 bits per heavy atom. The van der Waals surface area contributed by atoms with Crippen molar-refractivity contribution in [1.29, 1.82) is 0 Å². The van der Waals surface area contributed by atoms with Gasteiger partial charge in [-0.25, -0.2) is 0 Å². The molecule has 1 aromatic heterocycles. The quantitative estimate of drug-likeness (QED) is 0.642. The van der Waals surface area contributed by atoms with E-state index in [9.17, 15) is 23.3 Å². The lowest BCUT2D eigenvalue weighted by molar-refractivity contribution is -0.400. The summed E-state index contributed by atoms with van der Waals surface area (Å²) in [5.74, 6) is 0.369. The maximum Gasteiger partial charge on any atom is 0.488 e. The molecule has 0 atom stereocenters. The lowest BCUT2D eigenvalue weighted by Gasteiger charge is -2.09. The van der Waals surface area contributed by atoms with Gasteiger partial charge in [-0.3, -0.25) is 14.7 Å². The van der Waals surface area contributed by atoms with Crippen molar-refractivity contribution < 1.29 is 22.8 Å². The Labute approximate surface area is 111 Å². The first-order chi connectivity index (χ1) is 9.32. The van der Waals surface area contributed by atoms with Gasteiger partial charge in [0.2, 0.25) is 6.20 Å². The molecule has 0 aliphatic carbocycles. The average Bonchev–Trinajstić information content (AvgIpc) is 2.74. The first kappa shape index (κ1) is 13.9. The van der Waals surface area contributed by atoms with Gasteiger partial charge in [-0.1, -0.05) is 0 Å². The van der Waals surface area contributed by atoms with E-state index >= 15 is 0 Å². The second-order valence-corrected chi connectivity index (χ2v) is 3.91. The molecule has 5 nitrogen and oxygen atoms in total. The summed E-state index contributed by atoms with van der Waals surface area (Å²) in [6.45, 7) is 0. The van der Waals surface area contributed by atoms with Crippen LogP contribution in [-0.4, -0.2) is 16.6 Å². The zero-order chi connectivity index (χ0) is 14.9.